The van der Waals surface area contributed by atoms with E-state index in [0.29, 0.717) is 28.9 Å². The average molecular weight is 524 g/mol. The Bertz CT molecular complexity index is 1100. The number of nitrogens with one attached hydrogen (secondary N) is 2. The molecule has 0 fully saturated rings. The second kappa shape index (κ2) is 15.1. The lowest BCUT2D eigenvalue weighted by atomic mass is 10.1. The maximum atomic E-state index is 13.3. The molecule has 0 radical (unpaired) electrons. The minimum absolute atomic E-state index is 0.0419. The number of amides is 2. The van der Waals surface area contributed by atoms with Crippen molar-refractivity contribution in [3.8, 4) is 11.5 Å². The third kappa shape index (κ3) is 8.85. The van der Waals surface area contributed by atoms with Crippen LogP contribution in [0.25, 0.3) is 17.2 Å². The summed E-state index contributed by atoms with van der Waals surface area (Å²) in [5.41, 5.74) is 1.88. The number of hydrogen-bond donors (Lipinski definition) is 2. The molecule has 1 aromatic heterocycles. The highest BCUT2D eigenvalue weighted by Crippen LogP contribution is 2.24. The van der Waals surface area contributed by atoms with Crippen molar-refractivity contribution >= 4 is 23.3 Å². The molecule has 0 bridgehead atoms. The fourth-order valence-corrected chi connectivity index (χ4v) is 3.71. The number of aromatic nitrogens is 1. The average Bonchev–Trinajstić information content (AvgIpc) is 3.43. The molecule has 0 aliphatic heterocycles. The van der Waals surface area contributed by atoms with Gasteiger partial charge in [-0.1, -0.05) is 59.8 Å². The second-order valence-corrected chi connectivity index (χ2v) is 9.99. The lowest BCUT2D eigenvalue weighted by molar-refractivity contribution is -0.116. The zero-order valence-electron chi connectivity index (χ0n) is 24.1. The van der Waals surface area contributed by atoms with Crippen molar-refractivity contribution in [2.75, 3.05) is 13.6 Å². The van der Waals surface area contributed by atoms with Gasteiger partial charge in [0, 0.05) is 36.8 Å². The maximum absolute atomic E-state index is 13.3. The zero-order chi connectivity index (χ0) is 28.2. The molecule has 2 N–H and O–H groups in total. The summed E-state index contributed by atoms with van der Waals surface area (Å²) in [6.45, 7) is 17.3. The molecule has 2 aromatic rings. The number of nitrogens with zero attached hydrogens (tertiary/aromatic N) is 3. The van der Waals surface area contributed by atoms with Gasteiger partial charge in [-0.3, -0.25) is 9.59 Å². The first-order valence-corrected chi connectivity index (χ1v) is 13.8. The van der Waals surface area contributed by atoms with E-state index in [0.717, 1.165) is 44.2 Å². The molecule has 208 valence electrons. The molecule has 2 atom stereocenters. The standard InChI is InChI=1S/C30H45N5O3/c1-9-20(5)16-17-35(8)27(29(37)34-25(11-3)12-4)33-22(7)23-14-13-15-24(18-23)30-31-19-26(38-30)28(36)32-21(6)10-2/h13-15,18-21,25H,7,9-12,16-17H2,1-6,8H3,(H,32,36)(H,34,37)/t20-,21?/m1/s1. The molecule has 38 heavy (non-hydrogen) atoms. The van der Waals surface area contributed by atoms with E-state index in [9.17, 15) is 9.59 Å². The molecule has 2 amide bonds. The number of oxazole rings is 1. The van der Waals surface area contributed by atoms with Gasteiger partial charge in [0.05, 0.1) is 11.9 Å². The number of benzene rings is 1. The Morgan fingerprint density at radius 3 is 2.42 bits per heavy atom. The van der Waals surface area contributed by atoms with Gasteiger partial charge in [-0.05, 0) is 50.7 Å². The predicted octanol–water partition coefficient (Wildman–Crippen LogP) is 5.91. The second-order valence-electron chi connectivity index (χ2n) is 9.99. The van der Waals surface area contributed by atoms with Crippen LogP contribution in [0.1, 0.15) is 89.8 Å². The van der Waals surface area contributed by atoms with Gasteiger partial charge >= 0.3 is 0 Å². The van der Waals surface area contributed by atoms with Gasteiger partial charge in [0.25, 0.3) is 11.8 Å². The molecule has 0 spiro atoms. The van der Waals surface area contributed by atoms with Gasteiger partial charge in [-0.25, -0.2) is 9.98 Å². The Kier molecular flexibility index (Phi) is 12.2. The molecule has 0 aliphatic rings. The SMILES string of the molecule is C=C(N=C(C(=O)NC(CC)CC)N(C)CC[C@H](C)CC)c1cccc(-c2ncc(C(=O)NC(C)CC)o2)c1. The lowest BCUT2D eigenvalue weighted by Gasteiger charge is -2.24. The summed E-state index contributed by atoms with van der Waals surface area (Å²) in [6, 6.07) is 7.56. The van der Waals surface area contributed by atoms with Crippen LogP contribution in [-0.2, 0) is 4.79 Å². The molecular formula is C30H45N5O3. The first-order valence-electron chi connectivity index (χ1n) is 13.8. The van der Waals surface area contributed by atoms with E-state index in [1.165, 1.54) is 6.20 Å². The summed E-state index contributed by atoms with van der Waals surface area (Å²) < 4.78 is 5.74. The predicted molar refractivity (Wildman–Crippen MR) is 155 cm³/mol. The quantitative estimate of drug-likeness (QED) is 0.251. The van der Waals surface area contributed by atoms with Crippen LogP contribution in [0.3, 0.4) is 0 Å². The van der Waals surface area contributed by atoms with Crippen molar-refractivity contribution in [2.24, 2.45) is 10.9 Å². The number of rotatable bonds is 13. The third-order valence-corrected chi connectivity index (χ3v) is 6.94. The van der Waals surface area contributed by atoms with Gasteiger partial charge in [0.1, 0.15) is 0 Å². The van der Waals surface area contributed by atoms with Gasteiger partial charge in [-0.2, -0.15) is 0 Å². The van der Waals surface area contributed by atoms with Gasteiger partial charge < -0.3 is 20.0 Å². The number of hydrogen-bond acceptors (Lipinski definition) is 5. The molecule has 8 nitrogen and oxygen atoms in total. The van der Waals surface area contributed by atoms with E-state index in [4.69, 9.17) is 9.41 Å². The number of carbonyl (C=O) groups excluding carboxylic acids is 2. The highest BCUT2D eigenvalue weighted by Gasteiger charge is 2.21. The molecule has 8 heteroatoms. The first-order chi connectivity index (χ1) is 18.1. The van der Waals surface area contributed by atoms with Crippen LogP contribution in [0.4, 0.5) is 0 Å². The first kappa shape index (κ1) is 30.8. The Labute approximate surface area is 228 Å². The van der Waals surface area contributed by atoms with Crippen LogP contribution in [-0.4, -0.2) is 53.2 Å². The summed E-state index contributed by atoms with van der Waals surface area (Å²) >= 11 is 0. The fraction of sp³-hybridized carbons (Fsp3) is 0.533. The number of aliphatic imine (C=N–C) groups is 1. The fourth-order valence-electron chi connectivity index (χ4n) is 3.71. The summed E-state index contributed by atoms with van der Waals surface area (Å²) in [7, 11) is 1.90. The van der Waals surface area contributed by atoms with Crippen LogP contribution < -0.4 is 10.6 Å². The normalized spacial score (nSPS) is 13.2. The van der Waals surface area contributed by atoms with Crippen molar-refractivity contribution in [1.82, 2.24) is 20.5 Å². The van der Waals surface area contributed by atoms with E-state index < -0.39 is 0 Å². The summed E-state index contributed by atoms with van der Waals surface area (Å²) in [5, 5.41) is 5.99. The number of amidine groups is 1. The van der Waals surface area contributed by atoms with Crippen molar-refractivity contribution in [3.63, 3.8) is 0 Å². The molecule has 0 aliphatic carbocycles. The van der Waals surface area contributed by atoms with E-state index in [1.54, 1.807) is 0 Å². The van der Waals surface area contributed by atoms with Crippen LogP contribution in [0.5, 0.6) is 0 Å². The molecule has 0 saturated carbocycles. The van der Waals surface area contributed by atoms with E-state index in [-0.39, 0.29) is 29.7 Å². The summed E-state index contributed by atoms with van der Waals surface area (Å²) in [6.07, 6.45) is 6.00. The van der Waals surface area contributed by atoms with E-state index in [2.05, 4.69) is 49.9 Å². The highest BCUT2D eigenvalue weighted by atomic mass is 16.4. The van der Waals surface area contributed by atoms with Gasteiger partial charge in [-0.15, -0.1) is 0 Å². The largest absolute Gasteiger partial charge is 0.431 e. The van der Waals surface area contributed by atoms with Gasteiger partial charge in [0.15, 0.2) is 5.84 Å². The minimum Gasteiger partial charge on any atom is -0.431 e. The van der Waals surface area contributed by atoms with E-state index in [1.807, 2.05) is 50.1 Å². The Morgan fingerprint density at radius 1 is 1.08 bits per heavy atom. The van der Waals surface area contributed by atoms with Crippen molar-refractivity contribution < 1.29 is 14.0 Å². The molecule has 1 heterocycles. The molecule has 1 aromatic carbocycles. The van der Waals surface area contributed by atoms with Crippen LogP contribution >= 0.6 is 0 Å². The van der Waals surface area contributed by atoms with Crippen molar-refractivity contribution in [3.05, 3.63) is 48.4 Å². The monoisotopic (exact) mass is 523 g/mol. The highest BCUT2D eigenvalue weighted by molar-refractivity contribution is 6.38. The zero-order valence-corrected chi connectivity index (χ0v) is 24.1. The number of likely N-dealkylation sites (N-methyl/N-ethyl adjacent to an activating group) is 1. The molecule has 0 saturated heterocycles. The van der Waals surface area contributed by atoms with E-state index >= 15 is 0 Å². The molecule has 2 rings (SSSR count). The topological polar surface area (TPSA) is 99.8 Å². The smallest absolute Gasteiger partial charge is 0.288 e. The number of carbonyl (C=O) groups is 2. The van der Waals surface area contributed by atoms with Crippen LogP contribution in [0, 0.1) is 5.92 Å². The summed E-state index contributed by atoms with van der Waals surface area (Å²) in [5.74, 6) is 0.889. The van der Waals surface area contributed by atoms with Crippen LogP contribution in [0.2, 0.25) is 0 Å². The Balaban J connectivity index is 2.31. The minimum atomic E-state index is -0.295. The Hall–Kier alpha value is -3.42. The maximum Gasteiger partial charge on any atom is 0.288 e. The van der Waals surface area contributed by atoms with Crippen molar-refractivity contribution in [1.29, 1.82) is 0 Å². The van der Waals surface area contributed by atoms with Gasteiger partial charge in [0.2, 0.25) is 11.7 Å². The lowest BCUT2D eigenvalue weighted by Crippen LogP contribution is -2.45. The van der Waals surface area contributed by atoms with Crippen molar-refractivity contribution in [2.45, 2.75) is 85.7 Å². The summed E-state index contributed by atoms with van der Waals surface area (Å²) in [4.78, 5) is 36.6. The molecular weight excluding hydrogens is 478 g/mol. The van der Waals surface area contributed by atoms with Crippen LogP contribution in [0.15, 0.2) is 46.5 Å². The third-order valence-electron chi connectivity index (χ3n) is 6.94. The Morgan fingerprint density at radius 2 is 1.79 bits per heavy atom. The molecule has 1 unspecified atom stereocenters.